The topological polar surface area (TPSA) is 83.8 Å². The molecule has 2 unspecified atom stereocenters. The summed E-state index contributed by atoms with van der Waals surface area (Å²) in [6.45, 7) is 5.02. The highest BCUT2D eigenvalue weighted by molar-refractivity contribution is 5.95. The van der Waals surface area contributed by atoms with Crippen LogP contribution in [0.15, 0.2) is 66.7 Å². The van der Waals surface area contributed by atoms with Gasteiger partial charge in [0.15, 0.2) is 0 Å². The van der Waals surface area contributed by atoms with Crippen LogP contribution >= 0.6 is 0 Å². The molecule has 5 nitrogen and oxygen atoms in total. The van der Waals surface area contributed by atoms with Crippen molar-refractivity contribution in [2.24, 2.45) is 16.7 Å². The van der Waals surface area contributed by atoms with Gasteiger partial charge in [-0.25, -0.2) is 9.59 Å². The van der Waals surface area contributed by atoms with E-state index >= 15 is 0 Å². The molecular weight excluding hydrogens is 488 g/mol. The normalized spacial score (nSPS) is 28.4. The van der Waals surface area contributed by atoms with Gasteiger partial charge >= 0.3 is 11.9 Å². The van der Waals surface area contributed by atoms with Crippen LogP contribution in [-0.2, 0) is 5.41 Å². The van der Waals surface area contributed by atoms with Crippen LogP contribution in [0.4, 0.5) is 0 Å². The molecule has 4 aliphatic rings. The zero-order valence-corrected chi connectivity index (χ0v) is 22.3. The smallest absolute Gasteiger partial charge is 0.336 e. The molecule has 4 aliphatic carbocycles. The summed E-state index contributed by atoms with van der Waals surface area (Å²) >= 11 is 0. The highest BCUT2D eigenvalue weighted by Gasteiger charge is 2.60. The van der Waals surface area contributed by atoms with Crippen molar-refractivity contribution in [2.45, 2.75) is 57.8 Å². The van der Waals surface area contributed by atoms with Crippen molar-refractivity contribution in [1.29, 1.82) is 0 Å². The molecule has 0 saturated heterocycles. The fraction of sp³-hybridized carbons (Fsp3) is 0.353. The van der Waals surface area contributed by atoms with Crippen LogP contribution in [-0.4, -0.2) is 22.2 Å². The largest absolute Gasteiger partial charge is 0.478 e. The van der Waals surface area contributed by atoms with Crippen molar-refractivity contribution in [3.63, 3.8) is 0 Å². The summed E-state index contributed by atoms with van der Waals surface area (Å²) in [5.74, 6) is 5.75. The first-order chi connectivity index (χ1) is 18.5. The van der Waals surface area contributed by atoms with E-state index in [-0.39, 0.29) is 16.7 Å². The first kappa shape index (κ1) is 25.2. The van der Waals surface area contributed by atoms with Gasteiger partial charge in [-0.1, -0.05) is 37.8 Å². The molecule has 0 amide bonds. The van der Waals surface area contributed by atoms with Crippen LogP contribution in [0.1, 0.15) is 89.8 Å². The first-order valence-electron chi connectivity index (χ1n) is 13.6. The third kappa shape index (κ3) is 4.81. The van der Waals surface area contributed by atoms with Gasteiger partial charge in [-0.15, -0.1) is 0 Å². The van der Waals surface area contributed by atoms with E-state index in [1.54, 1.807) is 0 Å². The van der Waals surface area contributed by atoms with E-state index in [1.165, 1.54) is 56.2 Å². The molecule has 0 radical (unpaired) electrons. The summed E-state index contributed by atoms with van der Waals surface area (Å²) in [5, 5.41) is 18.6. The third-order valence-corrected chi connectivity index (χ3v) is 9.02. The minimum Gasteiger partial charge on any atom is -0.478 e. The minimum atomic E-state index is -1.22. The molecule has 0 heterocycles. The molecule has 0 spiro atoms. The van der Waals surface area contributed by atoms with E-state index < -0.39 is 11.9 Å². The van der Waals surface area contributed by atoms with Gasteiger partial charge in [-0.2, -0.15) is 0 Å². The van der Waals surface area contributed by atoms with E-state index in [0.717, 1.165) is 17.7 Å². The second kappa shape index (κ2) is 9.02. The quantitative estimate of drug-likeness (QED) is 0.340. The lowest BCUT2D eigenvalue weighted by molar-refractivity contribution is -0.110. The summed E-state index contributed by atoms with van der Waals surface area (Å²) in [5.41, 5.74) is 3.44. The van der Waals surface area contributed by atoms with Crippen molar-refractivity contribution in [3.05, 3.63) is 94.5 Å². The monoisotopic (exact) mass is 520 g/mol. The highest BCUT2D eigenvalue weighted by Crippen LogP contribution is 2.69. The number of rotatable bonds is 5. The molecule has 7 rings (SSSR count). The molecule has 2 atom stereocenters. The Kier molecular flexibility index (Phi) is 5.84. The molecule has 3 aromatic rings. The van der Waals surface area contributed by atoms with Gasteiger partial charge in [0.25, 0.3) is 0 Å². The van der Waals surface area contributed by atoms with Gasteiger partial charge in [0.2, 0.25) is 0 Å². The summed E-state index contributed by atoms with van der Waals surface area (Å²) < 4.78 is 6.11. The number of hydrogen-bond donors (Lipinski definition) is 2. The van der Waals surface area contributed by atoms with Crippen LogP contribution in [0.25, 0.3) is 0 Å². The second-order valence-corrected chi connectivity index (χ2v) is 12.7. The Morgan fingerprint density at radius 1 is 0.769 bits per heavy atom. The van der Waals surface area contributed by atoms with E-state index in [2.05, 4.69) is 50.0 Å². The number of carbonyl (C=O) groups is 2. The summed E-state index contributed by atoms with van der Waals surface area (Å²) in [6, 6.07) is 19.9. The maximum atomic E-state index is 11.6. The molecular formula is C34H32O5. The molecule has 0 aliphatic heterocycles. The van der Waals surface area contributed by atoms with E-state index in [1.807, 2.05) is 24.3 Å². The first-order valence-corrected chi connectivity index (χ1v) is 13.6. The number of carboxylic acids is 2. The van der Waals surface area contributed by atoms with E-state index in [9.17, 15) is 14.7 Å². The number of ether oxygens (including phenoxy) is 1. The van der Waals surface area contributed by atoms with Crippen LogP contribution in [0, 0.1) is 28.6 Å². The number of carboxylic acid groups (broad SMARTS) is 2. The Hall–Kier alpha value is -4.04. The van der Waals surface area contributed by atoms with Crippen molar-refractivity contribution < 1.29 is 24.5 Å². The maximum absolute atomic E-state index is 11.6. The lowest BCUT2D eigenvalue weighted by Crippen LogP contribution is -2.56. The Labute approximate surface area is 228 Å². The van der Waals surface area contributed by atoms with Crippen molar-refractivity contribution in [2.75, 3.05) is 0 Å². The summed E-state index contributed by atoms with van der Waals surface area (Å²) in [7, 11) is 0. The molecule has 39 heavy (non-hydrogen) atoms. The van der Waals surface area contributed by atoms with Gasteiger partial charge in [0.1, 0.15) is 11.5 Å². The van der Waals surface area contributed by atoms with E-state index in [4.69, 9.17) is 9.84 Å². The van der Waals surface area contributed by atoms with Crippen LogP contribution in [0.2, 0.25) is 0 Å². The van der Waals surface area contributed by atoms with Gasteiger partial charge in [0, 0.05) is 11.1 Å². The predicted molar refractivity (Wildman–Crippen MR) is 148 cm³/mol. The summed E-state index contributed by atoms with van der Waals surface area (Å²) in [4.78, 5) is 22.7. The Morgan fingerprint density at radius 2 is 1.38 bits per heavy atom. The van der Waals surface area contributed by atoms with Gasteiger partial charge in [-0.05, 0) is 121 Å². The lowest BCUT2D eigenvalue weighted by Gasteiger charge is -2.65. The fourth-order valence-corrected chi connectivity index (χ4v) is 8.49. The van der Waals surface area contributed by atoms with Gasteiger partial charge in [0.05, 0.1) is 11.1 Å². The average molecular weight is 521 g/mol. The zero-order chi connectivity index (χ0) is 27.4. The molecule has 5 heteroatoms. The SMILES string of the molecule is CC12CC3CC(C)(C1)CC(c1ccc(Oc4ccc(C#Cc5ccc(C(=O)O)cc5C(=O)O)cc4)cc1)(C3)C2. The number of benzene rings is 3. The lowest BCUT2D eigenvalue weighted by atomic mass is 9.39. The standard InChI is InChI=1S/C34H32O5/c1-32-16-23-17-33(2,19-32)21-34(18-23,20-32)26-9-13-28(14-10-26)39-27-11-4-22(5-12-27)3-6-24-7-8-25(30(35)36)15-29(24)31(37)38/h4-5,7-15,23H,16-21H2,1-2H3,(H,35,36)(H,37,38). The second-order valence-electron chi connectivity index (χ2n) is 12.7. The average Bonchev–Trinajstić information content (AvgIpc) is 2.86. The minimum absolute atomic E-state index is 0.0889. The predicted octanol–water partition coefficient (Wildman–Crippen LogP) is 7.52. The maximum Gasteiger partial charge on any atom is 0.336 e. The fourth-order valence-electron chi connectivity index (χ4n) is 8.49. The molecule has 4 fully saturated rings. The van der Waals surface area contributed by atoms with Gasteiger partial charge in [-0.3, -0.25) is 0 Å². The molecule has 4 bridgehead atoms. The Morgan fingerprint density at radius 3 is 1.95 bits per heavy atom. The summed E-state index contributed by atoms with van der Waals surface area (Å²) in [6.07, 6.45) is 8.07. The van der Waals surface area contributed by atoms with Crippen LogP contribution < -0.4 is 4.74 Å². The van der Waals surface area contributed by atoms with Crippen molar-refractivity contribution in [3.8, 4) is 23.3 Å². The molecule has 0 aromatic heterocycles. The van der Waals surface area contributed by atoms with Gasteiger partial charge < -0.3 is 14.9 Å². The molecule has 3 aromatic carbocycles. The number of aromatic carboxylic acids is 2. The number of hydrogen-bond acceptors (Lipinski definition) is 3. The van der Waals surface area contributed by atoms with Crippen LogP contribution in [0.5, 0.6) is 11.5 Å². The Balaban J connectivity index is 1.15. The van der Waals surface area contributed by atoms with Crippen molar-refractivity contribution in [1.82, 2.24) is 0 Å². The van der Waals surface area contributed by atoms with E-state index in [0.29, 0.717) is 27.6 Å². The third-order valence-electron chi connectivity index (χ3n) is 9.02. The zero-order valence-electron chi connectivity index (χ0n) is 22.3. The molecule has 4 saturated carbocycles. The molecule has 2 N–H and O–H groups in total. The highest BCUT2D eigenvalue weighted by atomic mass is 16.5. The molecule has 198 valence electrons. The Bertz CT molecular complexity index is 1500. The van der Waals surface area contributed by atoms with Crippen LogP contribution in [0.3, 0.4) is 0 Å². The van der Waals surface area contributed by atoms with Crippen molar-refractivity contribution >= 4 is 11.9 Å².